The molecule has 0 unspecified atom stereocenters. The van der Waals surface area contributed by atoms with Crippen LogP contribution in [0.2, 0.25) is 0 Å². The second kappa shape index (κ2) is 17.0. The first-order chi connectivity index (χ1) is 30.7. The summed E-state index contributed by atoms with van der Waals surface area (Å²) in [5.41, 5.74) is 16.2. The molecule has 0 saturated heterocycles. The number of rotatable bonds is 6. The maximum Gasteiger partial charge on any atom is 0.135 e. The summed E-state index contributed by atoms with van der Waals surface area (Å²) in [6.45, 7) is 2.09. The molecule has 0 aliphatic carbocycles. The Labute approximate surface area is 378 Å². The van der Waals surface area contributed by atoms with Crippen molar-refractivity contribution >= 4 is 43.9 Å². The van der Waals surface area contributed by atoms with Crippen molar-refractivity contribution in [3.05, 3.63) is 224 Å². The van der Waals surface area contributed by atoms with Crippen LogP contribution in [0.25, 0.3) is 106 Å². The molecule has 5 nitrogen and oxygen atoms in total. The van der Waals surface area contributed by atoms with Gasteiger partial charge in [0.2, 0.25) is 0 Å². The van der Waals surface area contributed by atoms with Crippen LogP contribution in [-0.2, 0) is 20.1 Å². The Morgan fingerprint density at radius 2 is 1.21 bits per heavy atom. The summed E-state index contributed by atoms with van der Waals surface area (Å²) in [6, 6.07) is 71.9. The topological polar surface area (TPSA) is 57.0 Å². The summed E-state index contributed by atoms with van der Waals surface area (Å²) in [6.07, 6.45) is 5.07. The van der Waals surface area contributed by atoms with Gasteiger partial charge in [-0.3, -0.25) is 4.98 Å². The molecule has 12 aromatic rings. The van der Waals surface area contributed by atoms with Gasteiger partial charge in [-0.05, 0) is 76.8 Å². The molecule has 0 amide bonds. The van der Waals surface area contributed by atoms with Crippen molar-refractivity contribution in [3.8, 4) is 61.7 Å². The van der Waals surface area contributed by atoms with Crippen molar-refractivity contribution in [1.82, 2.24) is 14.5 Å². The maximum absolute atomic E-state index is 6.20. The zero-order valence-corrected chi connectivity index (χ0v) is 36.5. The predicted octanol–water partition coefficient (Wildman–Crippen LogP) is 15.0. The van der Waals surface area contributed by atoms with Crippen LogP contribution in [0.4, 0.5) is 0 Å². The summed E-state index contributed by atoms with van der Waals surface area (Å²) in [7, 11) is 0. The van der Waals surface area contributed by atoms with E-state index in [0.29, 0.717) is 0 Å². The molecule has 1 radical (unpaired) electrons. The molecule has 63 heavy (non-hydrogen) atoms. The van der Waals surface area contributed by atoms with E-state index in [1.165, 1.54) is 5.56 Å². The fraction of sp³-hybridized carbons (Fsp3) is 0.0175. The van der Waals surface area contributed by atoms with Crippen molar-refractivity contribution in [2.75, 3.05) is 0 Å². The van der Waals surface area contributed by atoms with Gasteiger partial charge in [0, 0.05) is 60.0 Å². The van der Waals surface area contributed by atoms with Gasteiger partial charge >= 0.3 is 0 Å². The number of pyridine rings is 1. The molecule has 0 fully saturated rings. The number of hydrogen-bond donors (Lipinski definition) is 0. The van der Waals surface area contributed by atoms with Crippen LogP contribution in [0.1, 0.15) is 5.56 Å². The first-order valence-corrected chi connectivity index (χ1v) is 20.6. The Kier molecular flexibility index (Phi) is 10.7. The number of imidazole rings is 1. The third kappa shape index (κ3) is 7.46. The zero-order chi connectivity index (χ0) is 41.4. The van der Waals surface area contributed by atoms with Gasteiger partial charge in [-0.2, -0.15) is 0 Å². The smallest absolute Gasteiger partial charge is 0.135 e. The van der Waals surface area contributed by atoms with E-state index in [4.69, 9.17) is 13.8 Å². The van der Waals surface area contributed by atoms with E-state index in [2.05, 4.69) is 174 Å². The molecule has 6 heteroatoms. The molecule has 0 aliphatic rings. The van der Waals surface area contributed by atoms with E-state index >= 15 is 0 Å². The molecule has 8 aromatic carbocycles. The summed E-state index contributed by atoms with van der Waals surface area (Å²) in [5.74, 6) is 0.773. The molecule has 0 N–H and O–H groups in total. The van der Waals surface area contributed by atoms with Gasteiger partial charge < -0.3 is 18.4 Å². The molecular formula is C57H37IrN3O2-2. The first-order valence-electron chi connectivity index (χ1n) is 20.6. The van der Waals surface area contributed by atoms with Gasteiger partial charge in [0.1, 0.15) is 11.2 Å². The minimum absolute atomic E-state index is 0. The van der Waals surface area contributed by atoms with E-state index < -0.39 is 0 Å². The fourth-order valence-corrected chi connectivity index (χ4v) is 8.37. The molecule has 4 aromatic heterocycles. The number of nitrogens with zero attached hydrogens (tertiary/aromatic N) is 3. The van der Waals surface area contributed by atoms with Gasteiger partial charge in [-0.15, -0.1) is 35.9 Å². The molecule has 12 rings (SSSR count). The van der Waals surface area contributed by atoms with Crippen LogP contribution in [0, 0.1) is 19.3 Å². The van der Waals surface area contributed by atoms with Crippen molar-refractivity contribution < 1.29 is 28.9 Å². The molecule has 303 valence electrons. The van der Waals surface area contributed by atoms with Crippen molar-refractivity contribution in [2.24, 2.45) is 0 Å². The van der Waals surface area contributed by atoms with E-state index in [1.54, 1.807) is 6.20 Å². The number of fused-ring (bicyclic) bond motifs is 5. The van der Waals surface area contributed by atoms with E-state index in [0.717, 1.165) is 106 Å². The van der Waals surface area contributed by atoms with Crippen LogP contribution in [0.5, 0.6) is 0 Å². The number of aromatic nitrogens is 3. The predicted molar refractivity (Wildman–Crippen MR) is 252 cm³/mol. The summed E-state index contributed by atoms with van der Waals surface area (Å²) in [4.78, 5) is 9.51. The fourth-order valence-electron chi connectivity index (χ4n) is 8.37. The number of hydrogen-bond acceptors (Lipinski definition) is 4. The molecule has 0 saturated carbocycles. The SMILES string of the molecule is Cc1ccc2c(c1)oc1ccc(-c3ccc4o[c-]c(-c5nc6ccccc6n5-c5c(-c6ccccc6)cccc5-c5ccccc5)c4c3)cc12.[Ir].[c-]1ccccc1-c1ccccn1. The van der Waals surface area contributed by atoms with E-state index in [-0.39, 0.29) is 20.1 Å². The first kappa shape index (κ1) is 39.5. The monoisotopic (exact) mass is 988 g/mol. The van der Waals surface area contributed by atoms with Gasteiger partial charge in [0.15, 0.2) is 0 Å². The van der Waals surface area contributed by atoms with E-state index in [9.17, 15) is 0 Å². The van der Waals surface area contributed by atoms with Gasteiger partial charge in [-0.1, -0.05) is 150 Å². The zero-order valence-electron chi connectivity index (χ0n) is 34.1. The molecule has 0 aliphatic heterocycles. The molecular weight excluding hydrogens is 951 g/mol. The summed E-state index contributed by atoms with van der Waals surface area (Å²) in [5, 5.41) is 3.17. The van der Waals surface area contributed by atoms with Crippen molar-refractivity contribution in [1.29, 1.82) is 0 Å². The Morgan fingerprint density at radius 1 is 0.524 bits per heavy atom. The third-order valence-electron chi connectivity index (χ3n) is 11.3. The largest absolute Gasteiger partial charge is 0.557 e. The summed E-state index contributed by atoms with van der Waals surface area (Å²) < 4.78 is 14.6. The molecule has 0 atom stereocenters. The number of aryl methyl sites for hydroxylation is 1. The Hall–Kier alpha value is -7.63. The molecule has 0 spiro atoms. The molecule has 0 bridgehead atoms. The van der Waals surface area contributed by atoms with Crippen molar-refractivity contribution in [3.63, 3.8) is 0 Å². The number of para-hydroxylation sites is 3. The molecule has 4 heterocycles. The average Bonchev–Trinajstić information content (AvgIpc) is 4.05. The normalized spacial score (nSPS) is 11.1. The average molecular weight is 988 g/mol. The Balaban J connectivity index is 0.000000314. The Morgan fingerprint density at radius 3 is 1.92 bits per heavy atom. The standard InChI is InChI=1S/C46H29N2O2.C11H8N.Ir/c1-29-19-22-36-37-26-33(21-24-43(37)50-44(36)25-29)32-20-23-42-38(27-32)39(28-49-42)46-47-40-17-8-9-18-41(40)48(46)45-34(30-11-4-2-5-12-30)15-10-16-35(45)31-13-6-3-7-14-31;1-2-6-10(7-3-1)11-8-4-5-9-12-11;/h2-27H,1H3;1-6,8-9H;/q2*-1;. The summed E-state index contributed by atoms with van der Waals surface area (Å²) >= 11 is 0. The Bertz CT molecular complexity index is 3430. The third-order valence-corrected chi connectivity index (χ3v) is 11.3. The van der Waals surface area contributed by atoms with Crippen LogP contribution in [0.3, 0.4) is 0 Å². The van der Waals surface area contributed by atoms with Crippen LogP contribution >= 0.6 is 0 Å². The van der Waals surface area contributed by atoms with E-state index in [1.807, 2.05) is 54.6 Å². The van der Waals surface area contributed by atoms with Crippen LogP contribution < -0.4 is 0 Å². The second-order valence-corrected chi connectivity index (χ2v) is 15.3. The van der Waals surface area contributed by atoms with Crippen LogP contribution in [0.15, 0.2) is 215 Å². The number of benzene rings is 8. The minimum Gasteiger partial charge on any atom is -0.557 e. The second-order valence-electron chi connectivity index (χ2n) is 15.3. The maximum atomic E-state index is 6.20. The van der Waals surface area contributed by atoms with Gasteiger partial charge in [0.05, 0.1) is 22.5 Å². The quantitative estimate of drug-likeness (QED) is 0.156. The van der Waals surface area contributed by atoms with Crippen LogP contribution in [-0.4, -0.2) is 14.5 Å². The van der Waals surface area contributed by atoms with Gasteiger partial charge in [-0.25, -0.2) is 0 Å². The minimum atomic E-state index is 0. The number of furan rings is 2. The van der Waals surface area contributed by atoms with Crippen molar-refractivity contribution in [2.45, 2.75) is 6.92 Å². The van der Waals surface area contributed by atoms with Gasteiger partial charge in [0.25, 0.3) is 0 Å².